The van der Waals surface area contributed by atoms with E-state index in [0.29, 0.717) is 0 Å². The third kappa shape index (κ3) is 5.57. The number of anilines is 1. The minimum Gasteiger partial charge on any atom is -0.356 e. The number of amides is 1. The maximum Gasteiger partial charge on any atom is 0.224 e. The van der Waals surface area contributed by atoms with E-state index in [2.05, 4.69) is 52.9 Å². The van der Waals surface area contributed by atoms with Crippen LogP contribution in [0.4, 0.5) is 5.13 Å². The van der Waals surface area contributed by atoms with E-state index in [1.165, 1.54) is 28.9 Å². The molecule has 2 aliphatic heterocycles. The number of fused-ring (bicyclic) bond motifs is 1. The molecule has 0 radical (unpaired) electrons. The number of hydrogen-bond acceptors (Lipinski definition) is 6. The number of nitrogens with zero attached hydrogens (tertiary/aromatic N) is 4. The molecule has 2 saturated heterocycles. The van der Waals surface area contributed by atoms with Crippen LogP contribution in [0.2, 0.25) is 0 Å². The van der Waals surface area contributed by atoms with E-state index in [1.807, 2.05) is 0 Å². The zero-order valence-corrected chi connectivity index (χ0v) is 20.1. The average Bonchev–Trinajstić information content (AvgIpc) is 3.21. The number of likely N-dealkylation sites (N-methyl/N-ethyl adjacent to an activating group) is 1. The van der Waals surface area contributed by atoms with Gasteiger partial charge in [0.15, 0.2) is 5.13 Å². The van der Waals surface area contributed by atoms with E-state index in [1.54, 1.807) is 11.3 Å². The first-order valence-electron chi connectivity index (χ1n) is 11.9. The highest BCUT2D eigenvalue weighted by Gasteiger charge is 2.27. The van der Waals surface area contributed by atoms with Crippen molar-refractivity contribution in [1.82, 2.24) is 20.1 Å². The number of benzene rings is 1. The zero-order chi connectivity index (χ0) is 21.8. The summed E-state index contributed by atoms with van der Waals surface area (Å²) in [5.74, 6) is 0.283. The molecule has 7 heteroatoms. The molecule has 0 aliphatic carbocycles. The topological polar surface area (TPSA) is 51.7 Å². The van der Waals surface area contributed by atoms with Crippen LogP contribution in [0.5, 0.6) is 0 Å². The van der Waals surface area contributed by atoms with Crippen molar-refractivity contribution in [2.75, 3.05) is 63.8 Å². The molecule has 2 fully saturated rings. The number of nitrogens with one attached hydrogen (secondary N) is 1. The Hall–Kier alpha value is -1.70. The van der Waals surface area contributed by atoms with E-state index in [4.69, 9.17) is 4.98 Å². The van der Waals surface area contributed by atoms with Crippen LogP contribution in [0.1, 0.15) is 37.3 Å². The van der Waals surface area contributed by atoms with Gasteiger partial charge in [0, 0.05) is 45.8 Å². The zero-order valence-electron chi connectivity index (χ0n) is 19.3. The molecule has 1 aromatic carbocycles. The quantitative estimate of drug-likeness (QED) is 0.666. The van der Waals surface area contributed by atoms with Crippen LogP contribution < -0.4 is 10.2 Å². The number of piperazine rings is 1. The predicted octanol–water partition coefficient (Wildman–Crippen LogP) is 3.27. The molecule has 0 bridgehead atoms. The monoisotopic (exact) mass is 443 g/mol. The minimum absolute atomic E-state index is 0.0664. The minimum atomic E-state index is 0.0664. The van der Waals surface area contributed by atoms with Crippen LogP contribution in [0, 0.1) is 19.8 Å². The Balaban J connectivity index is 1.25. The first kappa shape index (κ1) is 22.5. The lowest BCUT2D eigenvalue weighted by atomic mass is 9.97. The fourth-order valence-corrected chi connectivity index (χ4v) is 6.02. The lowest BCUT2D eigenvalue weighted by Crippen LogP contribution is -2.47. The van der Waals surface area contributed by atoms with Crippen molar-refractivity contribution in [1.29, 1.82) is 0 Å². The van der Waals surface area contributed by atoms with Crippen LogP contribution in [-0.4, -0.2) is 79.6 Å². The Morgan fingerprint density at radius 1 is 1.16 bits per heavy atom. The molecular weight excluding hydrogens is 406 g/mol. The first-order chi connectivity index (χ1) is 15.0. The van der Waals surface area contributed by atoms with Crippen LogP contribution in [0.25, 0.3) is 10.2 Å². The smallest absolute Gasteiger partial charge is 0.224 e. The Bertz CT molecular complexity index is 889. The molecule has 170 valence electrons. The van der Waals surface area contributed by atoms with Gasteiger partial charge in [-0.15, -0.1) is 0 Å². The SMILES string of the molecule is CCN1CCN(CCCNC(=O)[C@H]2CCCN(c3nc4c(C)cc(C)cc4s3)C2)CC1. The molecule has 1 N–H and O–H groups in total. The summed E-state index contributed by atoms with van der Waals surface area (Å²) in [6.07, 6.45) is 3.06. The molecular formula is C24H37N5OS. The summed E-state index contributed by atoms with van der Waals surface area (Å²) in [4.78, 5) is 25.1. The number of rotatable bonds is 7. The van der Waals surface area contributed by atoms with Gasteiger partial charge >= 0.3 is 0 Å². The average molecular weight is 444 g/mol. The number of carbonyl (C=O) groups excluding carboxylic acids is 1. The van der Waals surface area contributed by atoms with Crippen molar-refractivity contribution >= 4 is 32.6 Å². The van der Waals surface area contributed by atoms with Crippen LogP contribution in [-0.2, 0) is 4.79 Å². The largest absolute Gasteiger partial charge is 0.356 e. The third-order valence-corrected chi connectivity index (χ3v) is 7.81. The lowest BCUT2D eigenvalue weighted by molar-refractivity contribution is -0.125. The van der Waals surface area contributed by atoms with E-state index in [0.717, 1.165) is 75.7 Å². The molecule has 0 spiro atoms. The van der Waals surface area contributed by atoms with E-state index in [-0.39, 0.29) is 11.8 Å². The maximum absolute atomic E-state index is 12.8. The van der Waals surface area contributed by atoms with Gasteiger partial charge in [0.25, 0.3) is 0 Å². The van der Waals surface area contributed by atoms with Crippen molar-refractivity contribution in [2.45, 2.75) is 40.0 Å². The number of thiazole rings is 1. The number of aromatic nitrogens is 1. The first-order valence-corrected chi connectivity index (χ1v) is 12.7. The molecule has 2 aliphatic rings. The highest BCUT2D eigenvalue weighted by molar-refractivity contribution is 7.22. The van der Waals surface area contributed by atoms with Gasteiger partial charge in [0.2, 0.25) is 5.91 Å². The second kappa shape index (κ2) is 10.3. The fraction of sp³-hybridized carbons (Fsp3) is 0.667. The lowest BCUT2D eigenvalue weighted by Gasteiger charge is -2.34. The van der Waals surface area contributed by atoms with Gasteiger partial charge < -0.3 is 20.0 Å². The fourth-order valence-electron chi connectivity index (χ4n) is 4.85. The van der Waals surface area contributed by atoms with E-state index < -0.39 is 0 Å². The Morgan fingerprint density at radius 3 is 2.71 bits per heavy atom. The molecule has 0 saturated carbocycles. The Kier molecular flexibility index (Phi) is 7.46. The van der Waals surface area contributed by atoms with E-state index >= 15 is 0 Å². The highest BCUT2D eigenvalue weighted by Crippen LogP contribution is 2.33. The van der Waals surface area contributed by atoms with Crippen molar-refractivity contribution in [3.05, 3.63) is 23.3 Å². The van der Waals surface area contributed by atoms with Crippen LogP contribution >= 0.6 is 11.3 Å². The molecule has 3 heterocycles. The number of aryl methyl sites for hydroxylation is 2. The summed E-state index contributed by atoms with van der Waals surface area (Å²) < 4.78 is 1.25. The molecule has 6 nitrogen and oxygen atoms in total. The molecule has 2 aromatic rings. The second-order valence-corrected chi connectivity index (χ2v) is 10.1. The summed E-state index contributed by atoms with van der Waals surface area (Å²) in [5.41, 5.74) is 3.63. The van der Waals surface area contributed by atoms with Crippen molar-refractivity contribution in [3.8, 4) is 0 Å². The Morgan fingerprint density at radius 2 is 1.94 bits per heavy atom. The van der Waals surface area contributed by atoms with Gasteiger partial charge in [-0.05, 0) is 63.4 Å². The van der Waals surface area contributed by atoms with Crippen molar-refractivity contribution in [3.63, 3.8) is 0 Å². The van der Waals surface area contributed by atoms with Crippen LogP contribution in [0.3, 0.4) is 0 Å². The van der Waals surface area contributed by atoms with Gasteiger partial charge in [-0.2, -0.15) is 0 Å². The van der Waals surface area contributed by atoms with Gasteiger partial charge in [0.1, 0.15) is 0 Å². The van der Waals surface area contributed by atoms with Crippen molar-refractivity contribution < 1.29 is 4.79 Å². The van der Waals surface area contributed by atoms with E-state index in [9.17, 15) is 4.79 Å². The molecule has 0 unspecified atom stereocenters. The molecule has 1 atom stereocenters. The van der Waals surface area contributed by atoms with Gasteiger partial charge in [-0.3, -0.25) is 4.79 Å². The normalized spacial score (nSPS) is 21.0. The summed E-state index contributed by atoms with van der Waals surface area (Å²) in [6.45, 7) is 15.9. The van der Waals surface area contributed by atoms with Crippen LogP contribution in [0.15, 0.2) is 12.1 Å². The van der Waals surface area contributed by atoms with Gasteiger partial charge in [-0.25, -0.2) is 4.98 Å². The second-order valence-electron chi connectivity index (χ2n) is 9.13. The number of piperidine rings is 1. The van der Waals surface area contributed by atoms with Gasteiger partial charge in [0.05, 0.1) is 16.1 Å². The third-order valence-electron chi connectivity index (χ3n) is 6.74. The highest BCUT2D eigenvalue weighted by atomic mass is 32.1. The summed E-state index contributed by atoms with van der Waals surface area (Å²) >= 11 is 1.76. The molecule has 1 amide bonds. The number of hydrogen-bond donors (Lipinski definition) is 1. The Labute approximate surface area is 190 Å². The summed E-state index contributed by atoms with van der Waals surface area (Å²) in [5, 5.41) is 4.27. The summed E-state index contributed by atoms with van der Waals surface area (Å²) in [7, 11) is 0. The van der Waals surface area contributed by atoms with Gasteiger partial charge in [-0.1, -0.05) is 24.3 Å². The maximum atomic E-state index is 12.8. The predicted molar refractivity (Wildman–Crippen MR) is 130 cm³/mol. The molecule has 31 heavy (non-hydrogen) atoms. The number of carbonyl (C=O) groups is 1. The van der Waals surface area contributed by atoms with Crippen molar-refractivity contribution in [2.24, 2.45) is 5.92 Å². The summed E-state index contributed by atoms with van der Waals surface area (Å²) in [6, 6.07) is 4.42. The standard InChI is InChI=1S/C24H37N5OS/c1-4-27-11-13-28(14-12-27)9-6-8-25-23(30)20-7-5-10-29(17-20)24-26-22-19(3)15-18(2)16-21(22)31-24/h15-16,20H,4-14,17H2,1-3H3,(H,25,30)/t20-/m0/s1. The molecule has 1 aromatic heterocycles. The molecule has 4 rings (SSSR count).